The molecule has 0 aliphatic rings. The molecule has 0 spiro atoms. The normalized spacial score (nSPS) is 12.1. The molecule has 2 aromatic rings. The first-order valence-corrected chi connectivity index (χ1v) is 6.56. The van der Waals surface area contributed by atoms with Gasteiger partial charge in [-0.2, -0.15) is 11.3 Å². The molecule has 0 radical (unpaired) electrons. The molecule has 1 unspecified atom stereocenters. The number of nitrogens with zero attached hydrogens (tertiary/aromatic N) is 1. The number of thiophene rings is 1. The molecule has 0 bridgehead atoms. The molecule has 5 heteroatoms. The number of nitro groups is 1. The van der Waals surface area contributed by atoms with Gasteiger partial charge in [0.1, 0.15) is 0 Å². The zero-order valence-electron chi connectivity index (χ0n) is 10.2. The minimum absolute atomic E-state index is 0.126. The van der Waals surface area contributed by atoms with Crippen LogP contribution in [0.15, 0.2) is 35.0 Å². The molecular formula is C13H14N2O2S. The van der Waals surface area contributed by atoms with E-state index in [1.165, 1.54) is 11.6 Å². The highest BCUT2D eigenvalue weighted by Gasteiger charge is 2.10. The van der Waals surface area contributed by atoms with Gasteiger partial charge in [0.05, 0.1) is 4.92 Å². The van der Waals surface area contributed by atoms with Crippen molar-refractivity contribution in [1.29, 1.82) is 0 Å². The van der Waals surface area contributed by atoms with Crippen LogP contribution in [0.1, 0.15) is 24.1 Å². The molecule has 1 atom stereocenters. The van der Waals surface area contributed by atoms with Gasteiger partial charge in [0.25, 0.3) is 5.69 Å². The molecular weight excluding hydrogens is 248 g/mol. The van der Waals surface area contributed by atoms with Crippen molar-refractivity contribution < 1.29 is 4.92 Å². The smallest absolute Gasteiger partial charge is 0.269 e. The molecule has 0 aliphatic carbocycles. The third kappa shape index (κ3) is 2.68. The van der Waals surface area contributed by atoms with Crippen molar-refractivity contribution in [2.24, 2.45) is 0 Å². The summed E-state index contributed by atoms with van der Waals surface area (Å²) in [6, 6.07) is 7.13. The fourth-order valence-corrected chi connectivity index (χ4v) is 2.52. The molecule has 4 nitrogen and oxygen atoms in total. The summed E-state index contributed by atoms with van der Waals surface area (Å²) in [5.74, 6) is 0. The van der Waals surface area contributed by atoms with E-state index in [9.17, 15) is 10.1 Å². The van der Waals surface area contributed by atoms with E-state index in [1.807, 2.05) is 12.3 Å². The van der Waals surface area contributed by atoms with Crippen molar-refractivity contribution >= 4 is 22.7 Å². The molecule has 1 aromatic carbocycles. The topological polar surface area (TPSA) is 55.2 Å². The largest absolute Gasteiger partial charge is 0.378 e. The summed E-state index contributed by atoms with van der Waals surface area (Å²) in [4.78, 5) is 10.3. The average molecular weight is 262 g/mol. The summed E-state index contributed by atoms with van der Waals surface area (Å²) in [6.07, 6.45) is 0. The standard InChI is InChI=1S/C13H14N2O2S/c1-9-7-12(15(16)17)3-4-13(9)14-10(2)11-5-6-18-8-11/h3-8,10,14H,1-2H3. The van der Waals surface area contributed by atoms with Crippen molar-refractivity contribution in [2.75, 3.05) is 5.32 Å². The van der Waals surface area contributed by atoms with E-state index in [1.54, 1.807) is 23.5 Å². The number of hydrogen-bond acceptors (Lipinski definition) is 4. The Kier molecular flexibility index (Phi) is 3.62. The Balaban J connectivity index is 2.17. The van der Waals surface area contributed by atoms with Gasteiger partial charge in [-0.15, -0.1) is 0 Å². The predicted molar refractivity (Wildman–Crippen MR) is 74.2 cm³/mol. The van der Waals surface area contributed by atoms with Gasteiger partial charge in [-0.3, -0.25) is 10.1 Å². The van der Waals surface area contributed by atoms with Crippen LogP contribution < -0.4 is 5.32 Å². The van der Waals surface area contributed by atoms with Crippen LogP contribution in [0.4, 0.5) is 11.4 Å². The Hall–Kier alpha value is -1.88. The highest BCUT2D eigenvalue weighted by atomic mass is 32.1. The predicted octanol–water partition coefficient (Wildman–Crippen LogP) is 4.14. The zero-order chi connectivity index (χ0) is 13.1. The van der Waals surface area contributed by atoms with Gasteiger partial charge in [-0.05, 0) is 47.9 Å². The molecule has 0 amide bonds. The lowest BCUT2D eigenvalue weighted by Gasteiger charge is -2.15. The van der Waals surface area contributed by atoms with Crippen LogP contribution in [0.5, 0.6) is 0 Å². The number of nitrogens with one attached hydrogen (secondary N) is 1. The van der Waals surface area contributed by atoms with Crippen molar-refractivity contribution in [3.8, 4) is 0 Å². The van der Waals surface area contributed by atoms with Crippen LogP contribution in [-0.4, -0.2) is 4.92 Å². The van der Waals surface area contributed by atoms with Crippen LogP contribution in [-0.2, 0) is 0 Å². The molecule has 1 N–H and O–H groups in total. The quantitative estimate of drug-likeness (QED) is 0.665. The highest BCUT2D eigenvalue weighted by molar-refractivity contribution is 7.07. The van der Waals surface area contributed by atoms with E-state index < -0.39 is 0 Å². The van der Waals surface area contributed by atoms with Crippen molar-refractivity contribution in [3.63, 3.8) is 0 Å². The molecule has 1 aromatic heterocycles. The SMILES string of the molecule is Cc1cc([N+](=O)[O-])ccc1NC(C)c1ccsc1. The summed E-state index contributed by atoms with van der Waals surface area (Å²) >= 11 is 1.66. The maximum absolute atomic E-state index is 10.7. The van der Waals surface area contributed by atoms with Crippen LogP contribution in [0.2, 0.25) is 0 Å². The molecule has 0 saturated carbocycles. The molecule has 1 heterocycles. The van der Waals surface area contributed by atoms with Gasteiger partial charge in [-0.1, -0.05) is 0 Å². The van der Waals surface area contributed by atoms with E-state index in [-0.39, 0.29) is 16.7 Å². The first kappa shape index (κ1) is 12.6. The Bertz CT molecular complexity index is 552. The van der Waals surface area contributed by atoms with E-state index >= 15 is 0 Å². The van der Waals surface area contributed by atoms with E-state index in [0.29, 0.717) is 0 Å². The van der Waals surface area contributed by atoms with Gasteiger partial charge in [-0.25, -0.2) is 0 Å². The van der Waals surface area contributed by atoms with E-state index in [4.69, 9.17) is 0 Å². The van der Waals surface area contributed by atoms with Crippen molar-refractivity contribution in [3.05, 3.63) is 56.3 Å². The van der Waals surface area contributed by atoms with Gasteiger partial charge in [0.2, 0.25) is 0 Å². The Morgan fingerprint density at radius 2 is 2.17 bits per heavy atom. The number of aryl methyl sites for hydroxylation is 1. The van der Waals surface area contributed by atoms with Gasteiger partial charge < -0.3 is 5.32 Å². The highest BCUT2D eigenvalue weighted by Crippen LogP contribution is 2.26. The minimum atomic E-state index is -0.376. The Morgan fingerprint density at radius 3 is 2.72 bits per heavy atom. The van der Waals surface area contributed by atoms with Crippen LogP contribution in [0.3, 0.4) is 0 Å². The molecule has 94 valence electrons. The molecule has 2 rings (SSSR count). The summed E-state index contributed by atoms with van der Waals surface area (Å²) in [7, 11) is 0. The first-order chi connectivity index (χ1) is 8.58. The Labute approximate surface area is 109 Å². The lowest BCUT2D eigenvalue weighted by molar-refractivity contribution is -0.384. The molecule has 0 saturated heterocycles. The van der Waals surface area contributed by atoms with E-state index in [0.717, 1.165) is 11.3 Å². The summed E-state index contributed by atoms with van der Waals surface area (Å²) in [5, 5.41) is 18.2. The fourth-order valence-electron chi connectivity index (χ4n) is 1.76. The average Bonchev–Trinajstić information content (AvgIpc) is 2.85. The summed E-state index contributed by atoms with van der Waals surface area (Å²) in [6.45, 7) is 3.94. The maximum Gasteiger partial charge on any atom is 0.269 e. The summed E-state index contributed by atoms with van der Waals surface area (Å²) in [5.41, 5.74) is 3.16. The number of benzene rings is 1. The fraction of sp³-hybridized carbons (Fsp3) is 0.231. The van der Waals surface area contributed by atoms with Crippen molar-refractivity contribution in [2.45, 2.75) is 19.9 Å². The maximum atomic E-state index is 10.7. The van der Waals surface area contributed by atoms with E-state index in [2.05, 4.69) is 23.7 Å². The number of rotatable bonds is 4. The van der Waals surface area contributed by atoms with Crippen molar-refractivity contribution in [1.82, 2.24) is 0 Å². The number of hydrogen-bond donors (Lipinski definition) is 1. The summed E-state index contributed by atoms with van der Waals surface area (Å²) < 4.78 is 0. The monoisotopic (exact) mass is 262 g/mol. The third-order valence-corrected chi connectivity index (χ3v) is 3.54. The zero-order valence-corrected chi connectivity index (χ0v) is 11.0. The first-order valence-electron chi connectivity index (χ1n) is 5.61. The van der Waals surface area contributed by atoms with Gasteiger partial charge in [0, 0.05) is 23.9 Å². The number of anilines is 1. The molecule has 18 heavy (non-hydrogen) atoms. The second-order valence-corrected chi connectivity index (χ2v) is 4.96. The minimum Gasteiger partial charge on any atom is -0.378 e. The second-order valence-electron chi connectivity index (χ2n) is 4.18. The third-order valence-electron chi connectivity index (χ3n) is 2.84. The number of non-ortho nitro benzene ring substituents is 1. The van der Waals surface area contributed by atoms with Crippen LogP contribution >= 0.6 is 11.3 Å². The lowest BCUT2D eigenvalue weighted by atomic mass is 10.1. The van der Waals surface area contributed by atoms with Crippen LogP contribution in [0, 0.1) is 17.0 Å². The van der Waals surface area contributed by atoms with Gasteiger partial charge in [0.15, 0.2) is 0 Å². The van der Waals surface area contributed by atoms with Gasteiger partial charge >= 0.3 is 0 Å². The lowest BCUT2D eigenvalue weighted by Crippen LogP contribution is -2.06. The molecule has 0 aliphatic heterocycles. The molecule has 0 fully saturated rings. The number of nitro benzene ring substituents is 1. The van der Waals surface area contributed by atoms with Crippen LogP contribution in [0.25, 0.3) is 0 Å². The second kappa shape index (κ2) is 5.18. The Morgan fingerprint density at radius 1 is 1.39 bits per heavy atom.